The molecule has 2 heterocycles. The van der Waals surface area contributed by atoms with Crippen molar-refractivity contribution in [1.82, 2.24) is 15.0 Å². The van der Waals surface area contributed by atoms with Gasteiger partial charge in [0.2, 0.25) is 0 Å². The molecular formula is C21H18FN3O2. The maximum absolute atomic E-state index is 14.2. The van der Waals surface area contributed by atoms with Crippen LogP contribution < -0.4 is 0 Å². The summed E-state index contributed by atoms with van der Waals surface area (Å²) in [6, 6.07) is 8.40. The molecule has 0 radical (unpaired) electrons. The first kappa shape index (κ1) is 17.4. The van der Waals surface area contributed by atoms with Crippen LogP contribution in [0.15, 0.2) is 48.9 Å². The molecule has 0 saturated carbocycles. The third-order valence-corrected chi connectivity index (χ3v) is 5.30. The van der Waals surface area contributed by atoms with Crippen molar-refractivity contribution in [3.05, 3.63) is 77.1 Å². The van der Waals surface area contributed by atoms with E-state index >= 15 is 0 Å². The zero-order valence-electron chi connectivity index (χ0n) is 14.8. The fourth-order valence-electron chi connectivity index (χ4n) is 3.87. The number of benzene rings is 1. The van der Waals surface area contributed by atoms with Crippen molar-refractivity contribution in [1.29, 1.82) is 0 Å². The molecule has 0 spiro atoms. The molecule has 27 heavy (non-hydrogen) atoms. The number of aromatic nitrogens is 3. The van der Waals surface area contributed by atoms with Crippen molar-refractivity contribution in [2.45, 2.75) is 25.2 Å². The Kier molecular flexibility index (Phi) is 4.28. The molecule has 0 amide bonds. The summed E-state index contributed by atoms with van der Waals surface area (Å²) in [5.41, 5.74) is 2.37. The summed E-state index contributed by atoms with van der Waals surface area (Å²) in [6.45, 7) is 1.06. The molecule has 1 aliphatic carbocycles. The second-order valence-corrected chi connectivity index (χ2v) is 6.84. The monoisotopic (exact) mass is 363 g/mol. The second-order valence-electron chi connectivity index (χ2n) is 6.84. The van der Waals surface area contributed by atoms with Gasteiger partial charge in [0.1, 0.15) is 12.4 Å². The summed E-state index contributed by atoms with van der Waals surface area (Å²) in [7, 11) is 0. The molecule has 1 atom stereocenters. The molecular weight excluding hydrogens is 345 g/mol. The predicted octanol–water partition coefficient (Wildman–Crippen LogP) is 2.58. The average Bonchev–Trinajstić information content (AvgIpc) is 3.09. The van der Waals surface area contributed by atoms with Gasteiger partial charge in [-0.05, 0) is 48.2 Å². The topological polar surface area (TPSA) is 76.0 Å². The molecule has 136 valence electrons. The minimum absolute atomic E-state index is 0.307. The molecule has 1 N–H and O–H groups in total. The third-order valence-electron chi connectivity index (χ3n) is 5.30. The van der Waals surface area contributed by atoms with E-state index in [1.165, 1.54) is 6.07 Å². The molecule has 4 rings (SSSR count). The number of hydrogen-bond acceptors (Lipinski definition) is 5. The summed E-state index contributed by atoms with van der Waals surface area (Å²) in [6.07, 6.45) is 5.72. The number of rotatable bonds is 4. The van der Waals surface area contributed by atoms with Gasteiger partial charge in [-0.25, -0.2) is 14.4 Å². The number of carbonyl (C=O) groups excluding carboxylic acids is 1. The quantitative estimate of drug-likeness (QED) is 0.771. The van der Waals surface area contributed by atoms with E-state index in [2.05, 4.69) is 15.0 Å². The highest BCUT2D eigenvalue weighted by atomic mass is 19.1. The van der Waals surface area contributed by atoms with Gasteiger partial charge in [0.15, 0.2) is 11.6 Å². The van der Waals surface area contributed by atoms with E-state index in [0.29, 0.717) is 29.8 Å². The number of pyridine rings is 1. The normalized spacial score (nSPS) is 18.3. The molecule has 0 saturated heterocycles. The van der Waals surface area contributed by atoms with Gasteiger partial charge >= 0.3 is 0 Å². The van der Waals surface area contributed by atoms with Crippen LogP contribution in [0.5, 0.6) is 0 Å². The summed E-state index contributed by atoms with van der Waals surface area (Å²) in [4.78, 5) is 25.9. The van der Waals surface area contributed by atoms with Crippen molar-refractivity contribution < 1.29 is 14.3 Å². The molecule has 5 nitrogen and oxygen atoms in total. The van der Waals surface area contributed by atoms with Crippen molar-refractivity contribution in [2.75, 3.05) is 6.61 Å². The SMILES string of the molecule is Cc1c(F)cccc1[C@]1(C(=O)CO)Cc2cnc(-c3cccnc3)nc2C1. The highest BCUT2D eigenvalue weighted by Crippen LogP contribution is 2.42. The van der Waals surface area contributed by atoms with Crippen molar-refractivity contribution in [3.63, 3.8) is 0 Å². The van der Waals surface area contributed by atoms with Gasteiger partial charge in [0.05, 0.1) is 5.41 Å². The van der Waals surface area contributed by atoms with Crippen LogP contribution in [0.1, 0.15) is 22.4 Å². The lowest BCUT2D eigenvalue weighted by atomic mass is 9.73. The Labute approximate surface area is 156 Å². The molecule has 0 fully saturated rings. The largest absolute Gasteiger partial charge is 0.389 e. The number of fused-ring (bicyclic) bond motifs is 1. The lowest BCUT2D eigenvalue weighted by Gasteiger charge is -2.29. The second kappa shape index (κ2) is 6.63. The minimum Gasteiger partial charge on any atom is -0.389 e. The van der Waals surface area contributed by atoms with Crippen LogP contribution in [0.2, 0.25) is 0 Å². The maximum atomic E-state index is 14.2. The fraction of sp³-hybridized carbons (Fsp3) is 0.238. The fourth-order valence-corrected chi connectivity index (χ4v) is 3.87. The van der Waals surface area contributed by atoms with Crippen LogP contribution in [-0.4, -0.2) is 32.4 Å². The Balaban J connectivity index is 1.81. The number of halogens is 1. The van der Waals surface area contributed by atoms with Crippen molar-refractivity contribution >= 4 is 5.78 Å². The Morgan fingerprint density at radius 2 is 2.07 bits per heavy atom. The van der Waals surface area contributed by atoms with Gasteiger partial charge in [-0.3, -0.25) is 9.78 Å². The predicted molar refractivity (Wildman–Crippen MR) is 97.6 cm³/mol. The molecule has 1 aromatic carbocycles. The van der Waals surface area contributed by atoms with Crippen LogP contribution in [0.25, 0.3) is 11.4 Å². The van der Waals surface area contributed by atoms with Crippen molar-refractivity contribution in [2.24, 2.45) is 0 Å². The standard InChI is InChI=1S/C21H18FN3O2/c1-13-16(5-2-6-17(13)22)21(19(27)12-26)8-15-11-24-20(25-18(15)9-21)14-4-3-7-23-10-14/h2-7,10-11,26H,8-9,12H2,1H3/t21-/m0/s1. The van der Waals surface area contributed by atoms with Crippen LogP contribution in [0.4, 0.5) is 4.39 Å². The Morgan fingerprint density at radius 1 is 1.22 bits per heavy atom. The van der Waals surface area contributed by atoms with Crippen LogP contribution in [-0.2, 0) is 23.1 Å². The number of ketones is 1. The first-order valence-electron chi connectivity index (χ1n) is 8.70. The van der Waals surface area contributed by atoms with Crippen LogP contribution in [0.3, 0.4) is 0 Å². The number of Topliss-reactive ketones (excluding diaryl/α,β-unsaturated/α-hetero) is 1. The van der Waals surface area contributed by atoms with E-state index in [-0.39, 0.29) is 11.6 Å². The third kappa shape index (κ3) is 2.82. The molecule has 0 aliphatic heterocycles. The van der Waals surface area contributed by atoms with Gasteiger partial charge in [-0.2, -0.15) is 0 Å². The first-order valence-corrected chi connectivity index (χ1v) is 8.70. The minimum atomic E-state index is -1.02. The van der Waals surface area contributed by atoms with E-state index in [4.69, 9.17) is 0 Å². The number of nitrogens with zero attached hydrogens (tertiary/aromatic N) is 3. The molecule has 1 aliphatic rings. The highest BCUT2D eigenvalue weighted by molar-refractivity contribution is 5.93. The molecule has 2 aromatic heterocycles. The van der Waals surface area contributed by atoms with E-state index in [1.54, 1.807) is 37.6 Å². The van der Waals surface area contributed by atoms with E-state index < -0.39 is 12.0 Å². The van der Waals surface area contributed by atoms with Gasteiger partial charge in [-0.15, -0.1) is 0 Å². The Hall–Kier alpha value is -2.99. The summed E-state index contributed by atoms with van der Waals surface area (Å²) < 4.78 is 14.2. The van der Waals surface area contributed by atoms with Gasteiger partial charge < -0.3 is 5.11 Å². The molecule has 0 bridgehead atoms. The van der Waals surface area contributed by atoms with Crippen molar-refractivity contribution in [3.8, 4) is 11.4 Å². The smallest absolute Gasteiger partial charge is 0.169 e. The zero-order chi connectivity index (χ0) is 19.0. The lowest BCUT2D eigenvalue weighted by Crippen LogP contribution is -2.39. The van der Waals surface area contributed by atoms with Crippen LogP contribution >= 0.6 is 0 Å². The van der Waals surface area contributed by atoms with E-state index in [0.717, 1.165) is 16.8 Å². The summed E-state index contributed by atoms with van der Waals surface area (Å²) >= 11 is 0. The highest BCUT2D eigenvalue weighted by Gasteiger charge is 2.46. The maximum Gasteiger partial charge on any atom is 0.169 e. The van der Waals surface area contributed by atoms with Gasteiger partial charge in [0.25, 0.3) is 0 Å². The zero-order valence-corrected chi connectivity index (χ0v) is 14.8. The summed E-state index contributed by atoms with van der Waals surface area (Å²) in [5, 5.41) is 9.61. The van der Waals surface area contributed by atoms with Crippen LogP contribution in [0, 0.1) is 12.7 Å². The number of aliphatic hydroxyl groups excluding tert-OH is 1. The lowest BCUT2D eigenvalue weighted by molar-refractivity contribution is -0.127. The van der Waals surface area contributed by atoms with Gasteiger partial charge in [-0.1, -0.05) is 12.1 Å². The molecule has 6 heteroatoms. The number of hydrogen-bond donors (Lipinski definition) is 1. The molecule has 0 unspecified atom stereocenters. The van der Waals surface area contributed by atoms with Gasteiger partial charge in [0, 0.05) is 36.3 Å². The first-order chi connectivity index (χ1) is 13.0. The summed E-state index contributed by atoms with van der Waals surface area (Å²) in [5.74, 6) is -0.169. The average molecular weight is 363 g/mol. The van der Waals surface area contributed by atoms with E-state index in [9.17, 15) is 14.3 Å². The number of aliphatic hydroxyl groups is 1. The number of carbonyl (C=O) groups is 1. The molecule has 3 aromatic rings. The Bertz CT molecular complexity index is 1020. The van der Waals surface area contributed by atoms with E-state index in [1.807, 2.05) is 12.1 Å². The Morgan fingerprint density at radius 3 is 2.81 bits per heavy atom.